The molecule has 8 heteroatoms. The lowest BCUT2D eigenvalue weighted by molar-refractivity contribution is 0.477. The van der Waals surface area contributed by atoms with Gasteiger partial charge in [-0.3, -0.25) is 0 Å². The van der Waals surface area contributed by atoms with Crippen molar-refractivity contribution in [2.24, 2.45) is 4.99 Å². The van der Waals surface area contributed by atoms with Crippen LogP contribution in [-0.2, 0) is 16.6 Å². The molecule has 1 aromatic carbocycles. The number of benzene rings is 1. The Morgan fingerprint density at radius 3 is 2.00 bits per heavy atom. The molecule has 0 N–H and O–H groups in total. The van der Waals surface area contributed by atoms with Gasteiger partial charge in [0.1, 0.15) is 0 Å². The Labute approximate surface area is 162 Å². The summed E-state index contributed by atoms with van der Waals surface area (Å²) in [4.78, 5) is 8.84. The molecule has 0 aliphatic carbocycles. The number of hydrogen-bond donors (Lipinski definition) is 0. The number of sulfonamides is 1. The van der Waals surface area contributed by atoms with Crippen molar-refractivity contribution in [2.75, 3.05) is 41.3 Å². The monoisotopic (exact) mass is 466 g/mol. The smallest absolute Gasteiger partial charge is 0.243 e. The predicted octanol–water partition coefficient (Wildman–Crippen LogP) is 2.07. The van der Waals surface area contributed by atoms with E-state index in [1.165, 1.54) is 0 Å². The molecule has 1 fully saturated rings. The van der Waals surface area contributed by atoms with Gasteiger partial charge < -0.3 is 9.80 Å². The molecule has 1 aliphatic heterocycles. The number of rotatable bonds is 4. The largest absolute Gasteiger partial charge is 0.349 e. The van der Waals surface area contributed by atoms with E-state index in [0.29, 0.717) is 24.5 Å². The number of aliphatic imine (C=N–C) groups is 1. The molecule has 136 valence electrons. The van der Waals surface area contributed by atoms with Gasteiger partial charge in [-0.2, -0.15) is 4.31 Å². The van der Waals surface area contributed by atoms with Gasteiger partial charge in [0.05, 0.1) is 11.4 Å². The quantitative estimate of drug-likeness (QED) is 0.388. The van der Waals surface area contributed by atoms with Gasteiger partial charge >= 0.3 is 0 Å². The summed E-state index contributed by atoms with van der Waals surface area (Å²) in [5, 5.41) is 0. The van der Waals surface area contributed by atoms with Crippen molar-refractivity contribution in [1.29, 1.82) is 0 Å². The average Bonchev–Trinajstić information content (AvgIpc) is 3.02. The van der Waals surface area contributed by atoms with Crippen LogP contribution in [-0.4, -0.2) is 69.8 Å². The zero-order valence-corrected chi connectivity index (χ0v) is 17.9. The first kappa shape index (κ1) is 21.2. The second-order valence-electron chi connectivity index (χ2n) is 6.16. The SMILES string of the molecule is CN(C)C(=NCc1ccc(S(=O)(=O)N2CCCC2)cc1)N(C)C.I. The Morgan fingerprint density at radius 1 is 1.04 bits per heavy atom. The summed E-state index contributed by atoms with van der Waals surface area (Å²) in [6.45, 7) is 1.78. The van der Waals surface area contributed by atoms with Crippen LogP contribution in [0, 0.1) is 0 Å². The van der Waals surface area contributed by atoms with Crippen LogP contribution in [0.25, 0.3) is 0 Å². The van der Waals surface area contributed by atoms with Crippen LogP contribution in [0.15, 0.2) is 34.2 Å². The summed E-state index contributed by atoms with van der Waals surface area (Å²) in [5.74, 6) is 0.874. The fraction of sp³-hybridized carbons (Fsp3) is 0.562. The Kier molecular flexibility index (Phi) is 7.94. The van der Waals surface area contributed by atoms with Gasteiger partial charge in [-0.1, -0.05) is 12.1 Å². The maximum absolute atomic E-state index is 12.5. The minimum absolute atomic E-state index is 0. The van der Waals surface area contributed by atoms with E-state index in [0.717, 1.165) is 24.4 Å². The topological polar surface area (TPSA) is 56.2 Å². The summed E-state index contributed by atoms with van der Waals surface area (Å²) in [5.41, 5.74) is 0.992. The number of guanidine groups is 1. The lowest BCUT2D eigenvalue weighted by Gasteiger charge is -2.22. The Morgan fingerprint density at radius 2 is 1.54 bits per heavy atom. The van der Waals surface area contributed by atoms with Gasteiger partial charge in [-0.05, 0) is 30.5 Å². The molecule has 0 spiro atoms. The van der Waals surface area contributed by atoms with Crippen LogP contribution < -0.4 is 0 Å². The molecule has 2 rings (SSSR count). The lowest BCUT2D eigenvalue weighted by atomic mass is 10.2. The predicted molar refractivity (Wildman–Crippen MR) is 108 cm³/mol. The molecule has 24 heavy (non-hydrogen) atoms. The first-order valence-corrected chi connectivity index (χ1v) is 9.24. The highest BCUT2D eigenvalue weighted by Crippen LogP contribution is 2.21. The van der Waals surface area contributed by atoms with E-state index >= 15 is 0 Å². The lowest BCUT2D eigenvalue weighted by Crippen LogP contribution is -2.35. The first-order chi connectivity index (χ1) is 10.8. The minimum atomic E-state index is -3.33. The number of nitrogens with zero attached hydrogens (tertiary/aromatic N) is 4. The molecule has 0 bridgehead atoms. The van der Waals surface area contributed by atoms with Crippen LogP contribution in [0.4, 0.5) is 0 Å². The fourth-order valence-corrected chi connectivity index (χ4v) is 4.21. The van der Waals surface area contributed by atoms with E-state index in [-0.39, 0.29) is 24.0 Å². The Hall–Kier alpha value is -0.870. The molecular weight excluding hydrogens is 439 g/mol. The summed E-state index contributed by atoms with van der Waals surface area (Å²) in [7, 11) is 4.46. The molecule has 0 atom stereocenters. The molecule has 6 nitrogen and oxygen atoms in total. The molecule has 0 radical (unpaired) electrons. The molecule has 0 unspecified atom stereocenters. The molecule has 0 amide bonds. The van der Waals surface area contributed by atoms with Crippen LogP contribution in [0.1, 0.15) is 18.4 Å². The van der Waals surface area contributed by atoms with Crippen molar-refractivity contribution in [3.8, 4) is 0 Å². The van der Waals surface area contributed by atoms with Gasteiger partial charge in [0.2, 0.25) is 10.0 Å². The van der Waals surface area contributed by atoms with Crippen molar-refractivity contribution in [1.82, 2.24) is 14.1 Å². The zero-order valence-electron chi connectivity index (χ0n) is 14.8. The van der Waals surface area contributed by atoms with Crippen molar-refractivity contribution in [3.63, 3.8) is 0 Å². The molecule has 1 aliphatic rings. The van der Waals surface area contributed by atoms with Crippen LogP contribution >= 0.6 is 24.0 Å². The summed E-state index contributed by atoms with van der Waals surface area (Å²) >= 11 is 0. The molecular formula is C16H27IN4O2S. The maximum atomic E-state index is 12.5. The highest BCUT2D eigenvalue weighted by Gasteiger charge is 2.26. The average molecular weight is 466 g/mol. The molecule has 1 aromatic rings. The highest BCUT2D eigenvalue weighted by atomic mass is 127. The van der Waals surface area contributed by atoms with Gasteiger partial charge in [0.25, 0.3) is 0 Å². The van der Waals surface area contributed by atoms with E-state index in [4.69, 9.17) is 0 Å². The molecule has 0 saturated carbocycles. The standard InChI is InChI=1S/C16H26N4O2S.HI/c1-18(2)16(19(3)4)17-13-14-7-9-15(10-8-14)23(21,22)20-11-5-6-12-20;/h7-10H,5-6,11-13H2,1-4H3;1H. The Balaban J connectivity index is 0.00000288. The summed E-state index contributed by atoms with van der Waals surface area (Å²) in [6.07, 6.45) is 1.90. The van der Waals surface area contributed by atoms with Crippen molar-refractivity contribution < 1.29 is 8.42 Å². The maximum Gasteiger partial charge on any atom is 0.243 e. The fourth-order valence-electron chi connectivity index (χ4n) is 2.69. The highest BCUT2D eigenvalue weighted by molar-refractivity contribution is 14.0. The van der Waals surface area contributed by atoms with Crippen molar-refractivity contribution >= 4 is 40.0 Å². The first-order valence-electron chi connectivity index (χ1n) is 7.80. The normalized spacial score (nSPS) is 14.8. The summed E-state index contributed by atoms with van der Waals surface area (Å²) < 4.78 is 26.5. The third-order valence-electron chi connectivity index (χ3n) is 3.83. The van der Waals surface area contributed by atoms with E-state index < -0.39 is 10.0 Å². The third-order valence-corrected chi connectivity index (χ3v) is 5.74. The number of hydrogen-bond acceptors (Lipinski definition) is 3. The molecule has 0 aromatic heterocycles. The third kappa shape index (κ3) is 5.06. The van der Waals surface area contributed by atoms with E-state index in [1.54, 1.807) is 16.4 Å². The van der Waals surface area contributed by atoms with Gasteiger partial charge in [-0.25, -0.2) is 13.4 Å². The van der Waals surface area contributed by atoms with E-state index in [9.17, 15) is 8.42 Å². The van der Waals surface area contributed by atoms with Gasteiger partial charge in [-0.15, -0.1) is 24.0 Å². The van der Waals surface area contributed by atoms with E-state index in [2.05, 4.69) is 4.99 Å². The van der Waals surface area contributed by atoms with Crippen LogP contribution in [0.3, 0.4) is 0 Å². The van der Waals surface area contributed by atoms with Crippen molar-refractivity contribution in [2.45, 2.75) is 24.3 Å². The van der Waals surface area contributed by atoms with Crippen LogP contribution in [0.2, 0.25) is 0 Å². The zero-order chi connectivity index (χ0) is 17.0. The van der Waals surface area contributed by atoms with Gasteiger partial charge in [0.15, 0.2) is 5.96 Å². The second kappa shape index (κ2) is 9.00. The molecule has 1 saturated heterocycles. The molecule has 1 heterocycles. The van der Waals surface area contributed by atoms with Gasteiger partial charge in [0, 0.05) is 41.3 Å². The Bertz CT molecular complexity index is 641. The number of halogens is 1. The van der Waals surface area contributed by atoms with E-state index in [1.807, 2.05) is 50.1 Å². The minimum Gasteiger partial charge on any atom is -0.349 e. The summed E-state index contributed by atoms with van der Waals surface area (Å²) in [6, 6.07) is 7.05. The van der Waals surface area contributed by atoms with Crippen molar-refractivity contribution in [3.05, 3.63) is 29.8 Å². The van der Waals surface area contributed by atoms with Crippen LogP contribution in [0.5, 0.6) is 0 Å². The second-order valence-corrected chi connectivity index (χ2v) is 8.10.